The summed E-state index contributed by atoms with van der Waals surface area (Å²) in [6.07, 6.45) is 0.106. The molecule has 4 atom stereocenters. The average molecular weight is 683 g/mol. The second kappa shape index (κ2) is 12.4. The first-order valence-electron chi connectivity index (χ1n) is 16.3. The number of benzene rings is 4. The molecule has 3 heterocycles. The number of nitrogens with zero attached hydrogens (tertiary/aromatic N) is 2. The van der Waals surface area contributed by atoms with Crippen molar-refractivity contribution in [3.05, 3.63) is 107 Å². The van der Waals surface area contributed by atoms with Crippen LogP contribution in [0.15, 0.2) is 91.0 Å². The Balaban J connectivity index is 1.23. The van der Waals surface area contributed by atoms with Crippen molar-refractivity contribution in [1.82, 2.24) is 0 Å². The van der Waals surface area contributed by atoms with E-state index in [0.29, 0.717) is 29.4 Å². The fourth-order valence-electron chi connectivity index (χ4n) is 8.16. The Morgan fingerprint density at radius 1 is 0.979 bits per heavy atom. The Morgan fingerprint density at radius 3 is 2.42 bits per heavy atom. The smallest absolute Gasteiger partial charge is 0.269 e. The van der Waals surface area contributed by atoms with Gasteiger partial charge in [-0.1, -0.05) is 73.2 Å². The number of fused-ring (bicyclic) bond motifs is 3. The maximum absolute atomic E-state index is 14.9. The van der Waals surface area contributed by atoms with Gasteiger partial charge in [0.15, 0.2) is 12.2 Å². The Bertz CT molecular complexity index is 1870. The number of anilines is 3. The van der Waals surface area contributed by atoms with Gasteiger partial charge in [0.1, 0.15) is 11.5 Å². The summed E-state index contributed by atoms with van der Waals surface area (Å²) in [5.41, 5.74) is 2.65. The largest absolute Gasteiger partial charge is 0.497 e. The molecule has 2 amide bonds. The lowest BCUT2D eigenvalue weighted by molar-refractivity contribution is -0.146. The van der Waals surface area contributed by atoms with Gasteiger partial charge < -0.3 is 24.2 Å². The van der Waals surface area contributed by atoms with E-state index in [0.717, 1.165) is 28.3 Å². The van der Waals surface area contributed by atoms with Crippen molar-refractivity contribution in [3.63, 3.8) is 0 Å². The average Bonchev–Trinajstić information content (AvgIpc) is 3.51. The molecule has 4 aromatic carbocycles. The fraction of sp³-hybridized carbons (Fsp3) is 0.316. The molecule has 4 aromatic rings. The quantitative estimate of drug-likeness (QED) is 0.212. The van der Waals surface area contributed by atoms with Crippen LogP contribution in [0.5, 0.6) is 11.5 Å². The predicted molar refractivity (Wildman–Crippen MR) is 189 cm³/mol. The van der Waals surface area contributed by atoms with Gasteiger partial charge in [-0.2, -0.15) is 0 Å². The third kappa shape index (κ3) is 5.11. The van der Waals surface area contributed by atoms with Crippen LogP contribution >= 0.6 is 11.6 Å². The first-order valence-corrected chi connectivity index (χ1v) is 19.7. The van der Waals surface area contributed by atoms with Crippen LogP contribution in [-0.4, -0.2) is 51.4 Å². The van der Waals surface area contributed by atoms with Crippen LogP contribution < -0.4 is 24.5 Å². The van der Waals surface area contributed by atoms with Crippen LogP contribution in [0.1, 0.15) is 24.5 Å². The second-order valence-electron chi connectivity index (χ2n) is 13.4. The summed E-state index contributed by atoms with van der Waals surface area (Å²) in [6.45, 7) is 7.00. The van der Waals surface area contributed by atoms with Gasteiger partial charge in [-0.3, -0.25) is 14.5 Å². The number of carbonyl (C=O) groups is 2. The van der Waals surface area contributed by atoms with Crippen LogP contribution in [-0.2, 0) is 26.5 Å². The maximum atomic E-state index is 14.9. The van der Waals surface area contributed by atoms with Crippen LogP contribution in [0, 0.1) is 5.92 Å². The number of halogens is 1. The number of para-hydroxylation sites is 2. The van der Waals surface area contributed by atoms with E-state index in [1.165, 1.54) is 5.19 Å². The molecule has 0 saturated carbocycles. The van der Waals surface area contributed by atoms with E-state index >= 15 is 0 Å². The summed E-state index contributed by atoms with van der Waals surface area (Å²) in [5.74, 6) is 0.985. The zero-order chi connectivity index (χ0) is 33.8. The van der Waals surface area contributed by atoms with Crippen LogP contribution in [0.3, 0.4) is 0 Å². The monoisotopic (exact) mass is 682 g/mol. The minimum absolute atomic E-state index is 0.0296. The SMILES string of the molecule is COc1ccc([Si](C)(C)[C@H]2[C@H](CCO)O[C@@]3(C(=O)N(Cc4ccc(N5C(=O)COc6ccccc65)cc4)c4ccc(Cl)cc43)[C@@H]2C)cc1. The zero-order valence-electron chi connectivity index (χ0n) is 27.5. The molecule has 1 saturated heterocycles. The highest BCUT2D eigenvalue weighted by atomic mass is 35.5. The number of aliphatic hydroxyl groups excluding tert-OH is 1. The van der Waals surface area contributed by atoms with E-state index in [1.54, 1.807) is 16.9 Å². The van der Waals surface area contributed by atoms with Gasteiger partial charge in [0.05, 0.1) is 39.2 Å². The van der Waals surface area contributed by atoms with Gasteiger partial charge in [-0.15, -0.1) is 0 Å². The van der Waals surface area contributed by atoms with E-state index in [1.807, 2.05) is 78.9 Å². The molecule has 0 aromatic heterocycles. The highest BCUT2D eigenvalue weighted by Gasteiger charge is 2.66. The summed E-state index contributed by atoms with van der Waals surface area (Å²) in [6, 6.07) is 29.0. The van der Waals surface area contributed by atoms with Crippen molar-refractivity contribution < 1.29 is 28.9 Å². The van der Waals surface area contributed by atoms with Gasteiger partial charge in [-0.25, -0.2) is 0 Å². The van der Waals surface area contributed by atoms with Crippen LogP contribution in [0.25, 0.3) is 0 Å². The van der Waals surface area contributed by atoms with Crippen LogP contribution in [0.2, 0.25) is 23.7 Å². The van der Waals surface area contributed by atoms with Crippen LogP contribution in [0.4, 0.5) is 17.1 Å². The molecule has 248 valence electrons. The molecule has 1 spiro atoms. The first kappa shape index (κ1) is 32.4. The lowest BCUT2D eigenvalue weighted by Crippen LogP contribution is -2.51. The molecule has 3 aliphatic heterocycles. The molecule has 8 nitrogen and oxygen atoms in total. The standard InChI is InChI=1S/C38H39ClN2O6Si/c1-24-36(48(3,4)29-16-14-28(45-2)15-17-29)34(19-20-42)47-38(24)30-21-26(39)11-18-31(30)40(37(38)44)22-25-9-12-27(13-10-25)41-32-7-5-6-8-33(32)46-23-35(41)43/h5-18,21,24,34,36,42H,19-20,22-23H2,1-4H3/t24-,34+,36-,38+/m1/s1. The van der Waals surface area contributed by atoms with Crippen molar-refractivity contribution in [2.45, 2.75) is 50.2 Å². The van der Waals surface area contributed by atoms with Crippen molar-refractivity contribution in [3.8, 4) is 11.5 Å². The third-order valence-electron chi connectivity index (χ3n) is 10.5. The molecule has 0 radical (unpaired) electrons. The minimum Gasteiger partial charge on any atom is -0.497 e. The van der Waals surface area contributed by atoms with E-state index in [9.17, 15) is 14.7 Å². The van der Waals surface area contributed by atoms with Gasteiger partial charge in [-0.05, 0) is 72.1 Å². The Hall–Kier alpha value is -4.15. The molecular formula is C38H39ClN2O6Si. The molecule has 3 aliphatic rings. The predicted octanol–water partition coefficient (Wildman–Crippen LogP) is 6.55. The summed E-state index contributed by atoms with van der Waals surface area (Å²) in [4.78, 5) is 31.2. The molecule has 1 fully saturated rings. The van der Waals surface area contributed by atoms with Gasteiger partial charge in [0, 0.05) is 28.8 Å². The maximum Gasteiger partial charge on any atom is 0.269 e. The molecule has 0 aliphatic carbocycles. The molecule has 7 rings (SSSR count). The summed E-state index contributed by atoms with van der Waals surface area (Å²) >= 11 is 6.61. The number of aliphatic hydroxyl groups is 1. The second-order valence-corrected chi connectivity index (χ2v) is 18.5. The fourth-order valence-corrected chi connectivity index (χ4v) is 12.4. The topological polar surface area (TPSA) is 88.5 Å². The van der Waals surface area contributed by atoms with E-state index in [2.05, 4.69) is 32.2 Å². The van der Waals surface area contributed by atoms with Crippen molar-refractivity contribution in [2.24, 2.45) is 5.92 Å². The number of ether oxygens (including phenoxy) is 3. The van der Waals surface area contributed by atoms with E-state index in [4.69, 9.17) is 25.8 Å². The first-order chi connectivity index (χ1) is 23.1. The number of methoxy groups -OCH3 is 1. The summed E-state index contributed by atoms with van der Waals surface area (Å²) in [5, 5.41) is 11.9. The van der Waals surface area contributed by atoms with Crippen molar-refractivity contribution >= 4 is 53.7 Å². The normalized spacial score (nSPS) is 23.3. The molecular weight excluding hydrogens is 644 g/mol. The molecule has 10 heteroatoms. The summed E-state index contributed by atoms with van der Waals surface area (Å²) in [7, 11) is -0.633. The number of hydrogen-bond donors (Lipinski definition) is 1. The highest BCUT2D eigenvalue weighted by molar-refractivity contribution is 6.91. The van der Waals surface area contributed by atoms with Gasteiger partial charge >= 0.3 is 0 Å². The lowest BCUT2D eigenvalue weighted by Gasteiger charge is -2.37. The van der Waals surface area contributed by atoms with Gasteiger partial charge in [0.2, 0.25) is 0 Å². The molecule has 1 N–H and O–H groups in total. The third-order valence-corrected chi connectivity index (χ3v) is 15.0. The van der Waals surface area contributed by atoms with Crippen molar-refractivity contribution in [1.29, 1.82) is 0 Å². The molecule has 0 bridgehead atoms. The molecule has 48 heavy (non-hydrogen) atoms. The Labute approximate surface area is 286 Å². The summed E-state index contributed by atoms with van der Waals surface area (Å²) < 4.78 is 18.0. The Kier molecular flexibility index (Phi) is 8.36. The number of rotatable bonds is 8. The lowest BCUT2D eigenvalue weighted by atomic mass is 9.82. The number of amides is 2. The van der Waals surface area contributed by atoms with Crippen molar-refractivity contribution in [2.75, 3.05) is 30.1 Å². The minimum atomic E-state index is -2.29. The molecule has 0 unspecified atom stereocenters. The Morgan fingerprint density at radius 2 is 1.71 bits per heavy atom. The highest BCUT2D eigenvalue weighted by Crippen LogP contribution is 2.60. The zero-order valence-corrected chi connectivity index (χ0v) is 29.2. The van der Waals surface area contributed by atoms with E-state index in [-0.39, 0.29) is 42.6 Å². The number of carbonyl (C=O) groups excluding carboxylic acids is 2. The van der Waals surface area contributed by atoms with E-state index < -0.39 is 13.7 Å². The van der Waals surface area contributed by atoms with Gasteiger partial charge in [0.25, 0.3) is 11.8 Å². The number of hydrogen-bond acceptors (Lipinski definition) is 6.